The van der Waals surface area contributed by atoms with E-state index in [0.29, 0.717) is 5.75 Å². The molecule has 8 nitrogen and oxygen atoms in total. The van der Waals surface area contributed by atoms with Crippen molar-refractivity contribution in [2.45, 2.75) is 24.5 Å². The lowest BCUT2D eigenvalue weighted by Gasteiger charge is -2.15. The zero-order valence-electron chi connectivity index (χ0n) is 18.1. The maximum atomic E-state index is 12.5. The summed E-state index contributed by atoms with van der Waals surface area (Å²) < 4.78 is 37.9. The third-order valence-electron chi connectivity index (χ3n) is 4.70. The van der Waals surface area contributed by atoms with E-state index in [1.807, 2.05) is 18.2 Å². The average Bonchev–Trinajstić information content (AvgIpc) is 2.83. The molecular formula is C24H24N2O6S. The number of ether oxygens (including phenoxy) is 2. The summed E-state index contributed by atoms with van der Waals surface area (Å²) in [5.74, 6) is -0.594. The Labute approximate surface area is 192 Å². The Balaban J connectivity index is 1.61. The summed E-state index contributed by atoms with van der Waals surface area (Å²) >= 11 is 0. The summed E-state index contributed by atoms with van der Waals surface area (Å²) in [5, 5.41) is 2.70. The van der Waals surface area contributed by atoms with Gasteiger partial charge in [-0.2, -0.15) is 0 Å². The molecule has 3 aromatic carbocycles. The number of carbonyl (C=O) groups excluding carboxylic acids is 2. The van der Waals surface area contributed by atoms with E-state index in [-0.39, 0.29) is 22.7 Å². The highest BCUT2D eigenvalue weighted by molar-refractivity contribution is 7.92. The van der Waals surface area contributed by atoms with Gasteiger partial charge >= 0.3 is 5.97 Å². The quantitative estimate of drug-likeness (QED) is 0.466. The van der Waals surface area contributed by atoms with Crippen LogP contribution < -0.4 is 14.8 Å². The molecule has 0 aliphatic carbocycles. The molecule has 1 atom stereocenters. The Morgan fingerprint density at radius 2 is 1.64 bits per heavy atom. The number of carbonyl (C=O) groups is 2. The molecule has 0 aliphatic heterocycles. The van der Waals surface area contributed by atoms with Crippen molar-refractivity contribution in [3.63, 3.8) is 0 Å². The first-order valence-corrected chi connectivity index (χ1v) is 11.6. The molecule has 2 N–H and O–H groups in total. The van der Waals surface area contributed by atoms with Gasteiger partial charge in [0.05, 0.1) is 17.6 Å². The number of methoxy groups -OCH3 is 1. The number of hydrogen-bond donors (Lipinski definition) is 2. The van der Waals surface area contributed by atoms with Gasteiger partial charge in [-0.25, -0.2) is 13.2 Å². The number of rotatable bonds is 9. The molecular weight excluding hydrogens is 444 g/mol. The second-order valence-electron chi connectivity index (χ2n) is 7.08. The van der Waals surface area contributed by atoms with E-state index in [2.05, 4.69) is 10.0 Å². The summed E-state index contributed by atoms with van der Waals surface area (Å²) in [6, 6.07) is 21.0. The maximum absolute atomic E-state index is 12.5. The van der Waals surface area contributed by atoms with Crippen LogP contribution in [0.15, 0.2) is 83.8 Å². The highest BCUT2D eigenvalue weighted by atomic mass is 32.2. The van der Waals surface area contributed by atoms with Crippen LogP contribution in [0, 0.1) is 0 Å². The molecule has 9 heteroatoms. The lowest BCUT2D eigenvalue weighted by Crippen LogP contribution is -2.35. The van der Waals surface area contributed by atoms with Crippen molar-refractivity contribution in [1.29, 1.82) is 0 Å². The van der Waals surface area contributed by atoms with Crippen molar-refractivity contribution >= 4 is 27.6 Å². The fourth-order valence-electron chi connectivity index (χ4n) is 2.98. The van der Waals surface area contributed by atoms with Gasteiger partial charge in [0.25, 0.3) is 15.9 Å². The van der Waals surface area contributed by atoms with E-state index in [9.17, 15) is 18.0 Å². The Morgan fingerprint density at radius 1 is 0.939 bits per heavy atom. The molecule has 0 aliphatic rings. The van der Waals surface area contributed by atoms with Crippen molar-refractivity contribution < 1.29 is 27.5 Å². The lowest BCUT2D eigenvalue weighted by molar-refractivity contribution is -0.129. The molecule has 1 unspecified atom stereocenters. The van der Waals surface area contributed by atoms with Gasteiger partial charge in [0.2, 0.25) is 0 Å². The smallest absolute Gasteiger partial charge is 0.338 e. The van der Waals surface area contributed by atoms with Crippen molar-refractivity contribution in [3.8, 4) is 5.75 Å². The monoisotopic (exact) mass is 468 g/mol. The molecule has 0 spiro atoms. The summed E-state index contributed by atoms with van der Waals surface area (Å²) in [6.45, 7) is 1.67. The van der Waals surface area contributed by atoms with Crippen LogP contribution in [0.5, 0.6) is 5.75 Å². The number of benzene rings is 3. The lowest BCUT2D eigenvalue weighted by atomic mass is 10.2. The standard InChI is InChI=1S/C24H24N2O6S/c1-17(23(27)25-16-19-9-6-7-14-22(19)31-2)32-24(28)18-10-8-11-20(15-18)26-33(29,30)21-12-4-3-5-13-21/h3-15,17,26H,16H2,1-2H3,(H,25,27). The number of anilines is 1. The largest absolute Gasteiger partial charge is 0.496 e. The molecule has 172 valence electrons. The minimum Gasteiger partial charge on any atom is -0.496 e. The third-order valence-corrected chi connectivity index (χ3v) is 6.10. The summed E-state index contributed by atoms with van der Waals surface area (Å²) in [6.07, 6.45) is -1.06. The van der Waals surface area contributed by atoms with Crippen LogP contribution in [0.4, 0.5) is 5.69 Å². The molecule has 0 saturated heterocycles. The third kappa shape index (κ3) is 6.33. The van der Waals surface area contributed by atoms with Crippen LogP contribution in [0.1, 0.15) is 22.8 Å². The average molecular weight is 469 g/mol. The van der Waals surface area contributed by atoms with Gasteiger partial charge in [-0.15, -0.1) is 0 Å². The first-order chi connectivity index (χ1) is 15.8. The van der Waals surface area contributed by atoms with Gasteiger partial charge in [-0.05, 0) is 43.3 Å². The number of hydrogen-bond acceptors (Lipinski definition) is 6. The van der Waals surface area contributed by atoms with E-state index in [1.165, 1.54) is 43.3 Å². The first-order valence-electron chi connectivity index (χ1n) is 10.1. The predicted molar refractivity (Wildman–Crippen MR) is 123 cm³/mol. The summed E-state index contributed by atoms with van der Waals surface area (Å²) in [7, 11) is -2.27. The van der Waals surface area contributed by atoms with Gasteiger partial charge < -0.3 is 14.8 Å². The Bertz CT molecular complexity index is 1230. The zero-order chi connectivity index (χ0) is 23.8. The van der Waals surface area contributed by atoms with Crippen molar-refractivity contribution in [2.75, 3.05) is 11.8 Å². The second kappa shape index (κ2) is 10.6. The maximum Gasteiger partial charge on any atom is 0.338 e. The molecule has 0 radical (unpaired) electrons. The van der Waals surface area contributed by atoms with Crippen molar-refractivity contribution in [3.05, 3.63) is 90.0 Å². The molecule has 0 aromatic heterocycles. The second-order valence-corrected chi connectivity index (χ2v) is 8.76. The highest BCUT2D eigenvalue weighted by Crippen LogP contribution is 2.19. The van der Waals surface area contributed by atoms with Crippen LogP contribution in [0.3, 0.4) is 0 Å². The minimum atomic E-state index is -3.81. The fraction of sp³-hybridized carbons (Fsp3) is 0.167. The number of para-hydroxylation sites is 1. The molecule has 0 heterocycles. The molecule has 33 heavy (non-hydrogen) atoms. The number of sulfonamides is 1. The normalized spacial score (nSPS) is 11.8. The van der Waals surface area contributed by atoms with Gasteiger partial charge in [0, 0.05) is 17.8 Å². The molecule has 0 fully saturated rings. The first kappa shape index (κ1) is 23.8. The van der Waals surface area contributed by atoms with Crippen LogP contribution in [-0.2, 0) is 26.1 Å². The Morgan fingerprint density at radius 3 is 2.36 bits per heavy atom. The molecule has 0 bridgehead atoms. The van der Waals surface area contributed by atoms with E-state index in [4.69, 9.17) is 9.47 Å². The van der Waals surface area contributed by atoms with Crippen molar-refractivity contribution in [1.82, 2.24) is 5.32 Å². The fourth-order valence-corrected chi connectivity index (χ4v) is 4.05. The van der Waals surface area contributed by atoms with E-state index < -0.39 is 28.0 Å². The minimum absolute atomic E-state index is 0.0957. The number of nitrogens with one attached hydrogen (secondary N) is 2. The van der Waals surface area contributed by atoms with Gasteiger partial charge in [-0.1, -0.05) is 42.5 Å². The number of esters is 1. The predicted octanol–water partition coefficient (Wildman–Crippen LogP) is 3.36. The zero-order valence-corrected chi connectivity index (χ0v) is 19.0. The Hall–Kier alpha value is -3.85. The van der Waals surface area contributed by atoms with E-state index in [0.717, 1.165) is 5.56 Å². The van der Waals surface area contributed by atoms with Crippen LogP contribution in [0.25, 0.3) is 0 Å². The van der Waals surface area contributed by atoms with Crippen LogP contribution in [0.2, 0.25) is 0 Å². The molecule has 0 saturated carbocycles. The topological polar surface area (TPSA) is 111 Å². The molecule has 1 amide bonds. The van der Waals surface area contributed by atoms with E-state index in [1.54, 1.807) is 31.4 Å². The molecule has 3 rings (SSSR count). The highest BCUT2D eigenvalue weighted by Gasteiger charge is 2.20. The van der Waals surface area contributed by atoms with Crippen LogP contribution in [-0.4, -0.2) is 33.5 Å². The Kier molecular flexibility index (Phi) is 7.68. The van der Waals surface area contributed by atoms with Gasteiger partial charge in [0.1, 0.15) is 5.75 Å². The SMILES string of the molecule is COc1ccccc1CNC(=O)C(C)OC(=O)c1cccc(NS(=O)(=O)c2ccccc2)c1. The summed E-state index contributed by atoms with van der Waals surface area (Å²) in [5.41, 5.74) is 1.08. The molecule has 3 aromatic rings. The van der Waals surface area contributed by atoms with Crippen LogP contribution >= 0.6 is 0 Å². The van der Waals surface area contributed by atoms with Crippen molar-refractivity contribution in [2.24, 2.45) is 0 Å². The number of amides is 1. The van der Waals surface area contributed by atoms with E-state index >= 15 is 0 Å². The summed E-state index contributed by atoms with van der Waals surface area (Å²) in [4.78, 5) is 25.0. The van der Waals surface area contributed by atoms with Gasteiger partial charge in [0.15, 0.2) is 6.10 Å². The van der Waals surface area contributed by atoms with Gasteiger partial charge in [-0.3, -0.25) is 9.52 Å².